The fourth-order valence-corrected chi connectivity index (χ4v) is 4.85. The number of carbonyl (C=O) groups excluding carboxylic acids is 2. The number of nitrogens with one attached hydrogen (secondary N) is 2. The van der Waals surface area contributed by atoms with Crippen LogP contribution in [0.15, 0.2) is 28.7 Å². The number of thiophene rings is 1. The molecule has 1 aromatic carbocycles. The molecule has 0 radical (unpaired) electrons. The minimum absolute atomic E-state index is 0.181. The van der Waals surface area contributed by atoms with Crippen molar-refractivity contribution in [2.24, 2.45) is 0 Å². The lowest BCUT2D eigenvalue weighted by molar-refractivity contribution is 0.0833. The van der Waals surface area contributed by atoms with Gasteiger partial charge in [0.05, 0.1) is 10.6 Å². The Bertz CT molecular complexity index is 1330. The molecule has 2 N–H and O–H groups in total. The van der Waals surface area contributed by atoms with Crippen LogP contribution >= 0.6 is 11.3 Å². The maximum atomic E-state index is 12.8. The quantitative estimate of drug-likeness (QED) is 0.481. The fourth-order valence-electron chi connectivity index (χ4n) is 3.72. The summed E-state index contributed by atoms with van der Waals surface area (Å²) in [5, 5.41) is 1.78. The van der Waals surface area contributed by atoms with E-state index in [-0.39, 0.29) is 11.7 Å². The largest absolute Gasteiger partial charge is 0.451 e. The molecule has 4 aromatic rings. The maximum absolute atomic E-state index is 12.8. The van der Waals surface area contributed by atoms with E-state index >= 15 is 0 Å². The van der Waals surface area contributed by atoms with Crippen molar-refractivity contribution in [3.8, 4) is 0 Å². The van der Waals surface area contributed by atoms with Gasteiger partial charge in [0.15, 0.2) is 5.76 Å². The van der Waals surface area contributed by atoms with Crippen LogP contribution in [0, 0.1) is 20.8 Å². The normalized spacial score (nSPS) is 13.7. The molecule has 152 valence electrons. The monoisotopic (exact) mass is 420 g/mol. The van der Waals surface area contributed by atoms with Crippen LogP contribution in [-0.4, -0.2) is 21.8 Å². The molecule has 3 heterocycles. The van der Waals surface area contributed by atoms with Gasteiger partial charge in [0.2, 0.25) is 0 Å². The molecule has 1 saturated carbocycles. The molecule has 0 aliphatic heterocycles. The van der Waals surface area contributed by atoms with E-state index in [0.29, 0.717) is 16.4 Å². The Kier molecular flexibility index (Phi) is 4.32. The second-order valence-electron chi connectivity index (χ2n) is 7.64. The summed E-state index contributed by atoms with van der Waals surface area (Å²) in [4.78, 5) is 36.0. The number of aryl methyl sites for hydroxylation is 3. The molecule has 8 heteroatoms. The predicted molar refractivity (Wildman–Crippen MR) is 115 cm³/mol. The van der Waals surface area contributed by atoms with E-state index in [4.69, 9.17) is 4.42 Å². The van der Waals surface area contributed by atoms with Crippen molar-refractivity contribution in [1.82, 2.24) is 20.8 Å². The molecule has 7 nitrogen and oxygen atoms in total. The van der Waals surface area contributed by atoms with Gasteiger partial charge in [0, 0.05) is 22.3 Å². The van der Waals surface area contributed by atoms with Crippen LogP contribution in [0.3, 0.4) is 0 Å². The summed E-state index contributed by atoms with van der Waals surface area (Å²) < 4.78 is 5.65. The Labute approximate surface area is 176 Å². The lowest BCUT2D eigenvalue weighted by Gasteiger charge is -2.06. The smallest absolute Gasteiger partial charge is 0.305 e. The lowest BCUT2D eigenvalue weighted by Crippen LogP contribution is -2.41. The second kappa shape index (κ2) is 6.91. The van der Waals surface area contributed by atoms with E-state index in [1.807, 2.05) is 39.0 Å². The zero-order chi connectivity index (χ0) is 21.0. The zero-order valence-corrected chi connectivity index (χ0v) is 17.6. The van der Waals surface area contributed by atoms with E-state index in [0.717, 1.165) is 51.1 Å². The summed E-state index contributed by atoms with van der Waals surface area (Å²) in [6.45, 7) is 5.65. The summed E-state index contributed by atoms with van der Waals surface area (Å²) in [7, 11) is 0. The van der Waals surface area contributed by atoms with Gasteiger partial charge in [-0.2, -0.15) is 0 Å². The van der Waals surface area contributed by atoms with Gasteiger partial charge >= 0.3 is 5.91 Å². The van der Waals surface area contributed by atoms with Crippen LogP contribution in [0.4, 0.5) is 0 Å². The number of nitrogens with zero attached hydrogens (tertiary/aromatic N) is 2. The highest BCUT2D eigenvalue weighted by Gasteiger charge is 2.28. The first-order chi connectivity index (χ1) is 14.4. The molecule has 0 saturated heterocycles. The van der Waals surface area contributed by atoms with E-state index in [2.05, 4.69) is 20.8 Å². The van der Waals surface area contributed by atoms with Gasteiger partial charge in [-0.1, -0.05) is 18.2 Å². The summed E-state index contributed by atoms with van der Waals surface area (Å²) in [5.41, 5.74) is 8.04. The molecule has 30 heavy (non-hydrogen) atoms. The number of para-hydroxylation sites is 1. The average molecular weight is 420 g/mol. The van der Waals surface area contributed by atoms with Crippen LogP contribution in [0.25, 0.3) is 21.2 Å². The Morgan fingerprint density at radius 2 is 1.77 bits per heavy atom. The number of hydrogen-bond acceptors (Lipinski definition) is 6. The maximum Gasteiger partial charge on any atom is 0.305 e. The third-order valence-electron chi connectivity index (χ3n) is 5.48. The number of hydrogen-bond donors (Lipinski definition) is 2. The standard InChI is InChI=1S/C22H20N4O3S/c1-10-14-6-4-5-7-15(14)29-17(10)20(27)25-26-21(28)18-11(2)16-12(3)23-19(13-8-9-13)24-22(16)30-18/h4-7,13H,8-9H2,1-3H3,(H,25,27)(H,26,28). The number of hydrazine groups is 1. The zero-order valence-electron chi connectivity index (χ0n) is 16.8. The number of carbonyl (C=O) groups is 2. The summed E-state index contributed by atoms with van der Waals surface area (Å²) in [6, 6.07) is 7.43. The first-order valence-electron chi connectivity index (χ1n) is 9.80. The van der Waals surface area contributed by atoms with Crippen LogP contribution in [-0.2, 0) is 0 Å². The van der Waals surface area contributed by atoms with Gasteiger partial charge in [-0.25, -0.2) is 9.97 Å². The van der Waals surface area contributed by atoms with Crippen molar-refractivity contribution in [3.05, 3.63) is 57.5 Å². The molecular weight excluding hydrogens is 400 g/mol. The van der Waals surface area contributed by atoms with Gasteiger partial charge in [-0.05, 0) is 45.2 Å². The number of furan rings is 1. The number of aromatic nitrogens is 2. The fraction of sp³-hybridized carbons (Fsp3) is 0.273. The summed E-state index contributed by atoms with van der Waals surface area (Å²) in [5.74, 6) is 0.606. The topological polar surface area (TPSA) is 97.1 Å². The number of fused-ring (bicyclic) bond motifs is 2. The molecule has 1 fully saturated rings. The van der Waals surface area contributed by atoms with E-state index in [1.165, 1.54) is 11.3 Å². The third-order valence-corrected chi connectivity index (χ3v) is 6.66. The Morgan fingerprint density at radius 3 is 2.50 bits per heavy atom. The minimum atomic E-state index is -0.497. The summed E-state index contributed by atoms with van der Waals surface area (Å²) >= 11 is 1.32. The van der Waals surface area contributed by atoms with E-state index in [1.54, 1.807) is 6.07 Å². The van der Waals surface area contributed by atoms with E-state index in [9.17, 15) is 9.59 Å². The number of benzene rings is 1. The van der Waals surface area contributed by atoms with Crippen LogP contribution in [0.1, 0.15) is 61.6 Å². The Morgan fingerprint density at radius 1 is 1.03 bits per heavy atom. The molecule has 1 aliphatic carbocycles. The Balaban J connectivity index is 1.38. The SMILES string of the molecule is Cc1c(C(=O)NNC(=O)c2sc3nc(C4CC4)nc(C)c3c2C)oc2ccccc12. The van der Waals surface area contributed by atoms with Crippen LogP contribution in [0.2, 0.25) is 0 Å². The lowest BCUT2D eigenvalue weighted by atomic mass is 10.1. The first-order valence-corrected chi connectivity index (χ1v) is 10.6. The minimum Gasteiger partial charge on any atom is -0.451 e. The number of amides is 2. The van der Waals surface area contributed by atoms with Crippen molar-refractivity contribution < 1.29 is 14.0 Å². The molecule has 3 aromatic heterocycles. The van der Waals surface area contributed by atoms with Crippen LogP contribution in [0.5, 0.6) is 0 Å². The van der Waals surface area contributed by atoms with Crippen molar-refractivity contribution in [2.75, 3.05) is 0 Å². The average Bonchev–Trinajstić information content (AvgIpc) is 3.46. The molecule has 1 aliphatic rings. The van der Waals surface area contributed by atoms with Crippen LogP contribution < -0.4 is 10.9 Å². The van der Waals surface area contributed by atoms with Gasteiger partial charge in [0.25, 0.3) is 5.91 Å². The van der Waals surface area contributed by atoms with Crippen molar-refractivity contribution in [1.29, 1.82) is 0 Å². The Hall–Kier alpha value is -3.26. The van der Waals surface area contributed by atoms with Crippen molar-refractivity contribution in [2.45, 2.75) is 39.5 Å². The second-order valence-corrected chi connectivity index (χ2v) is 8.64. The first kappa shape index (κ1) is 18.7. The highest BCUT2D eigenvalue weighted by Crippen LogP contribution is 2.40. The predicted octanol–water partition coefficient (Wildman–Crippen LogP) is 4.31. The van der Waals surface area contributed by atoms with Crippen molar-refractivity contribution in [3.63, 3.8) is 0 Å². The molecule has 2 amide bonds. The van der Waals surface area contributed by atoms with Gasteiger partial charge in [-0.3, -0.25) is 20.4 Å². The molecular formula is C22H20N4O3S. The van der Waals surface area contributed by atoms with Gasteiger partial charge in [-0.15, -0.1) is 11.3 Å². The molecule has 0 bridgehead atoms. The van der Waals surface area contributed by atoms with Crippen molar-refractivity contribution >= 4 is 44.3 Å². The molecule has 5 rings (SSSR count). The molecule has 0 spiro atoms. The molecule has 0 unspecified atom stereocenters. The highest BCUT2D eigenvalue weighted by atomic mass is 32.1. The third kappa shape index (κ3) is 3.04. The summed E-state index contributed by atoms with van der Waals surface area (Å²) in [6.07, 6.45) is 2.24. The number of rotatable bonds is 3. The molecule has 0 atom stereocenters. The van der Waals surface area contributed by atoms with E-state index < -0.39 is 5.91 Å². The highest BCUT2D eigenvalue weighted by molar-refractivity contribution is 7.20. The van der Waals surface area contributed by atoms with Gasteiger partial charge < -0.3 is 4.42 Å². The van der Waals surface area contributed by atoms with Gasteiger partial charge in [0.1, 0.15) is 16.2 Å².